The standard InChI is InChI=1S/C28H36Cl2N2O3/c1-19(2)17-32(26(34)14-20-7-8-24(29)25(30)13-20)22-9-10-28(35)18-31(3)12-11-27(28,16-22)21-5-4-6-23(33)15-21/h4-8,13,15,19,22,33,35H,9-12,14,16-18H2,1-3H3/t22-,27-,28-/m0/s1. The average Bonchev–Trinajstić information content (AvgIpc) is 2.79. The van der Waals surface area contributed by atoms with Crippen molar-refractivity contribution in [2.45, 2.75) is 63.0 Å². The number of nitrogens with zero attached hydrogens (tertiary/aromatic N) is 2. The molecule has 2 aromatic rings. The minimum absolute atomic E-state index is 0.00120. The van der Waals surface area contributed by atoms with Crippen molar-refractivity contribution in [1.82, 2.24) is 9.80 Å². The van der Waals surface area contributed by atoms with Crippen LogP contribution in [0, 0.1) is 5.92 Å². The van der Waals surface area contributed by atoms with Gasteiger partial charge in [0.15, 0.2) is 0 Å². The van der Waals surface area contributed by atoms with E-state index in [0.717, 1.165) is 30.5 Å². The highest BCUT2D eigenvalue weighted by atomic mass is 35.5. The number of benzene rings is 2. The van der Waals surface area contributed by atoms with Crippen molar-refractivity contribution in [3.8, 4) is 5.75 Å². The van der Waals surface area contributed by atoms with Gasteiger partial charge < -0.3 is 20.0 Å². The summed E-state index contributed by atoms with van der Waals surface area (Å²) < 4.78 is 0. The fourth-order valence-electron chi connectivity index (χ4n) is 6.19. The third kappa shape index (κ3) is 5.34. The Labute approximate surface area is 218 Å². The molecule has 35 heavy (non-hydrogen) atoms. The molecule has 3 atom stereocenters. The van der Waals surface area contributed by atoms with Crippen LogP contribution in [0.5, 0.6) is 5.75 Å². The number of aromatic hydroxyl groups is 1. The number of hydrogen-bond donors (Lipinski definition) is 2. The molecule has 2 aliphatic rings. The summed E-state index contributed by atoms with van der Waals surface area (Å²) in [5.74, 6) is 0.573. The Bertz CT molecular complexity index is 1080. The molecule has 1 amide bonds. The van der Waals surface area contributed by atoms with Gasteiger partial charge >= 0.3 is 0 Å². The van der Waals surface area contributed by atoms with Crippen molar-refractivity contribution in [3.63, 3.8) is 0 Å². The number of halogens is 2. The molecule has 5 nitrogen and oxygen atoms in total. The van der Waals surface area contributed by atoms with Gasteiger partial charge in [0.1, 0.15) is 5.75 Å². The molecular weight excluding hydrogens is 483 g/mol. The summed E-state index contributed by atoms with van der Waals surface area (Å²) in [6.45, 7) is 6.33. The van der Waals surface area contributed by atoms with Gasteiger partial charge in [-0.05, 0) is 80.6 Å². The first kappa shape index (κ1) is 26.3. The van der Waals surface area contributed by atoms with Crippen LogP contribution in [0.15, 0.2) is 42.5 Å². The number of β-amino-alcohol motifs (C(OH)–C–C–N with tert-alkyl or cyclic N) is 1. The fraction of sp³-hybridized carbons (Fsp3) is 0.536. The molecule has 0 unspecified atom stereocenters. The van der Waals surface area contributed by atoms with Crippen LogP contribution in [0.25, 0.3) is 0 Å². The Morgan fingerprint density at radius 2 is 1.94 bits per heavy atom. The van der Waals surface area contributed by atoms with E-state index in [1.54, 1.807) is 24.3 Å². The van der Waals surface area contributed by atoms with E-state index in [-0.39, 0.29) is 24.1 Å². The fourth-order valence-corrected chi connectivity index (χ4v) is 6.51. The second kappa shape index (κ2) is 10.3. The Morgan fingerprint density at radius 1 is 1.17 bits per heavy atom. The van der Waals surface area contributed by atoms with Crippen LogP contribution in [0.4, 0.5) is 0 Å². The van der Waals surface area contributed by atoms with E-state index in [0.29, 0.717) is 41.9 Å². The van der Waals surface area contributed by atoms with Crippen LogP contribution >= 0.6 is 23.2 Å². The first-order chi connectivity index (χ1) is 16.5. The number of hydrogen-bond acceptors (Lipinski definition) is 4. The van der Waals surface area contributed by atoms with Gasteiger partial charge in [0.2, 0.25) is 5.91 Å². The highest BCUT2D eigenvalue weighted by Gasteiger charge is 2.58. The highest BCUT2D eigenvalue weighted by Crippen LogP contribution is 2.52. The van der Waals surface area contributed by atoms with E-state index < -0.39 is 11.0 Å². The van der Waals surface area contributed by atoms with Gasteiger partial charge in [-0.15, -0.1) is 0 Å². The summed E-state index contributed by atoms with van der Waals surface area (Å²) in [5.41, 5.74) is 0.354. The molecule has 1 heterocycles. The minimum Gasteiger partial charge on any atom is -0.508 e. The molecule has 0 bridgehead atoms. The van der Waals surface area contributed by atoms with Crippen molar-refractivity contribution < 1.29 is 15.0 Å². The predicted octanol–water partition coefficient (Wildman–Crippen LogP) is 5.28. The molecule has 2 N–H and O–H groups in total. The van der Waals surface area contributed by atoms with E-state index in [4.69, 9.17) is 23.2 Å². The molecule has 190 valence electrons. The summed E-state index contributed by atoms with van der Waals surface area (Å²) >= 11 is 12.3. The first-order valence-corrected chi connectivity index (χ1v) is 13.2. The summed E-state index contributed by atoms with van der Waals surface area (Å²) in [4.78, 5) is 17.9. The number of likely N-dealkylation sites (tertiary alicyclic amines) is 1. The van der Waals surface area contributed by atoms with Crippen molar-refractivity contribution in [2.75, 3.05) is 26.7 Å². The molecule has 2 aromatic carbocycles. The van der Waals surface area contributed by atoms with Crippen LogP contribution in [-0.2, 0) is 16.6 Å². The van der Waals surface area contributed by atoms with Crippen molar-refractivity contribution in [2.24, 2.45) is 5.92 Å². The lowest BCUT2D eigenvalue weighted by molar-refractivity contribution is -0.148. The van der Waals surface area contributed by atoms with E-state index in [1.807, 2.05) is 30.1 Å². The van der Waals surface area contributed by atoms with E-state index >= 15 is 0 Å². The van der Waals surface area contributed by atoms with Crippen LogP contribution in [0.3, 0.4) is 0 Å². The third-order valence-corrected chi connectivity index (χ3v) is 8.62. The minimum atomic E-state index is -0.916. The molecule has 0 radical (unpaired) electrons. The number of aliphatic hydroxyl groups is 1. The lowest BCUT2D eigenvalue weighted by Gasteiger charge is -2.59. The maximum Gasteiger partial charge on any atom is 0.227 e. The number of phenolic OH excluding ortho intramolecular Hbond substituents is 1. The number of phenols is 1. The van der Waals surface area contributed by atoms with Gasteiger partial charge in [0.05, 0.1) is 22.1 Å². The van der Waals surface area contributed by atoms with Gasteiger partial charge in [-0.25, -0.2) is 0 Å². The summed E-state index contributed by atoms with van der Waals surface area (Å²) in [6.07, 6.45) is 3.04. The molecule has 7 heteroatoms. The summed E-state index contributed by atoms with van der Waals surface area (Å²) in [6, 6.07) is 12.7. The topological polar surface area (TPSA) is 64.0 Å². The number of piperidine rings is 1. The molecule has 1 saturated carbocycles. The van der Waals surface area contributed by atoms with Crippen LogP contribution < -0.4 is 0 Å². The van der Waals surface area contributed by atoms with Gasteiger partial charge in [0, 0.05) is 24.5 Å². The predicted molar refractivity (Wildman–Crippen MR) is 141 cm³/mol. The van der Waals surface area contributed by atoms with Gasteiger partial charge in [-0.2, -0.15) is 0 Å². The molecule has 1 aliphatic heterocycles. The van der Waals surface area contributed by atoms with Crippen LogP contribution in [-0.4, -0.2) is 64.2 Å². The van der Waals surface area contributed by atoms with Gasteiger partial charge in [0.25, 0.3) is 0 Å². The Kier molecular flexibility index (Phi) is 7.73. The Morgan fingerprint density at radius 3 is 2.63 bits per heavy atom. The van der Waals surface area contributed by atoms with Gasteiger partial charge in [-0.1, -0.05) is 55.2 Å². The molecule has 0 spiro atoms. The number of fused-ring (bicyclic) bond motifs is 1. The maximum absolute atomic E-state index is 13.7. The SMILES string of the molecule is CC(C)CN(C(=O)Cc1ccc(Cl)c(Cl)c1)[C@H]1CC[C@]2(O)CN(C)CC[C@@]2(c2cccc(O)c2)C1. The summed E-state index contributed by atoms with van der Waals surface area (Å²) in [5, 5.41) is 23.2. The lowest BCUT2D eigenvalue weighted by Crippen LogP contribution is -2.67. The smallest absolute Gasteiger partial charge is 0.227 e. The Balaban J connectivity index is 1.67. The number of amides is 1. The highest BCUT2D eigenvalue weighted by molar-refractivity contribution is 6.42. The van der Waals surface area contributed by atoms with E-state index in [9.17, 15) is 15.0 Å². The van der Waals surface area contributed by atoms with Crippen LogP contribution in [0.2, 0.25) is 10.0 Å². The first-order valence-electron chi connectivity index (χ1n) is 12.5. The zero-order chi connectivity index (χ0) is 25.4. The molecule has 2 fully saturated rings. The largest absolute Gasteiger partial charge is 0.508 e. The second-order valence-electron chi connectivity index (χ2n) is 10.9. The zero-order valence-corrected chi connectivity index (χ0v) is 22.3. The summed E-state index contributed by atoms with van der Waals surface area (Å²) in [7, 11) is 2.04. The number of carbonyl (C=O) groups is 1. The zero-order valence-electron chi connectivity index (χ0n) is 20.8. The van der Waals surface area contributed by atoms with Crippen LogP contribution in [0.1, 0.15) is 50.7 Å². The molecular formula is C28H36Cl2N2O3. The van der Waals surface area contributed by atoms with Crippen molar-refractivity contribution >= 4 is 29.1 Å². The number of rotatable bonds is 6. The van der Waals surface area contributed by atoms with E-state index in [2.05, 4.69) is 18.7 Å². The van der Waals surface area contributed by atoms with E-state index in [1.165, 1.54) is 0 Å². The molecule has 4 rings (SSSR count). The third-order valence-electron chi connectivity index (χ3n) is 7.88. The second-order valence-corrected chi connectivity index (χ2v) is 11.7. The molecule has 1 aliphatic carbocycles. The Hall–Kier alpha value is -1.79. The van der Waals surface area contributed by atoms with Crippen molar-refractivity contribution in [3.05, 3.63) is 63.6 Å². The lowest BCUT2D eigenvalue weighted by atomic mass is 9.55. The number of likely N-dealkylation sites (N-methyl/N-ethyl adjacent to an activating group) is 1. The molecule has 1 saturated heterocycles. The quantitative estimate of drug-likeness (QED) is 0.545. The maximum atomic E-state index is 13.7. The number of carbonyl (C=O) groups excluding carboxylic acids is 1. The normalized spacial score (nSPS) is 27.0. The average molecular weight is 520 g/mol. The van der Waals surface area contributed by atoms with Gasteiger partial charge in [-0.3, -0.25) is 4.79 Å². The monoisotopic (exact) mass is 518 g/mol. The molecule has 0 aromatic heterocycles. The van der Waals surface area contributed by atoms with Crippen molar-refractivity contribution in [1.29, 1.82) is 0 Å².